The van der Waals surface area contributed by atoms with E-state index in [0.717, 1.165) is 6.54 Å². The highest BCUT2D eigenvalue weighted by Crippen LogP contribution is 2.18. The largest absolute Gasteiger partial charge is 0.372 e. The number of benzene rings is 1. The first kappa shape index (κ1) is 12.6. The zero-order valence-electron chi connectivity index (χ0n) is 9.47. The summed E-state index contributed by atoms with van der Waals surface area (Å²) >= 11 is 0. The lowest BCUT2D eigenvalue weighted by Crippen LogP contribution is -2.23. The molecule has 0 heterocycles. The van der Waals surface area contributed by atoms with E-state index in [1.54, 1.807) is 18.2 Å². The molecule has 1 N–H and O–H groups in total. The van der Waals surface area contributed by atoms with Gasteiger partial charge in [0.15, 0.2) is 0 Å². The van der Waals surface area contributed by atoms with Crippen molar-refractivity contribution in [3.8, 4) is 0 Å². The molecule has 1 rings (SSSR count). The number of nitrogens with zero attached hydrogens (tertiary/aromatic N) is 1. The van der Waals surface area contributed by atoms with E-state index >= 15 is 0 Å². The van der Waals surface area contributed by atoms with Gasteiger partial charge in [0.05, 0.1) is 23.2 Å². The average Bonchev–Trinajstić information content (AvgIpc) is 2.27. The molecule has 88 valence electrons. The van der Waals surface area contributed by atoms with Crippen LogP contribution in [0, 0.1) is 10.1 Å². The fraction of sp³-hybridized carbons (Fsp3) is 0.455. The zero-order chi connectivity index (χ0) is 12.0. The van der Waals surface area contributed by atoms with Crippen LogP contribution < -0.4 is 5.32 Å². The van der Waals surface area contributed by atoms with E-state index in [2.05, 4.69) is 5.32 Å². The van der Waals surface area contributed by atoms with Crippen molar-refractivity contribution in [1.82, 2.24) is 5.32 Å². The second-order valence-corrected chi connectivity index (χ2v) is 3.57. The van der Waals surface area contributed by atoms with Crippen molar-refractivity contribution in [2.24, 2.45) is 0 Å². The number of likely N-dealkylation sites (N-methyl/N-ethyl adjacent to an activating group) is 1. The van der Waals surface area contributed by atoms with E-state index in [-0.39, 0.29) is 23.3 Å². The van der Waals surface area contributed by atoms with Crippen LogP contribution >= 0.6 is 0 Å². The maximum atomic E-state index is 10.7. The Balaban J connectivity index is 2.63. The molecule has 0 saturated heterocycles. The number of para-hydroxylation sites is 1. The minimum absolute atomic E-state index is 0.0322. The van der Waals surface area contributed by atoms with Crippen LogP contribution in [0.4, 0.5) is 5.69 Å². The lowest BCUT2D eigenvalue weighted by Gasteiger charge is -2.12. The van der Waals surface area contributed by atoms with E-state index in [0.29, 0.717) is 5.56 Å². The van der Waals surface area contributed by atoms with E-state index in [1.165, 1.54) is 6.07 Å². The second-order valence-electron chi connectivity index (χ2n) is 3.57. The maximum Gasteiger partial charge on any atom is 0.274 e. The van der Waals surface area contributed by atoms with Crippen LogP contribution in [-0.4, -0.2) is 24.6 Å². The van der Waals surface area contributed by atoms with E-state index in [1.807, 2.05) is 14.0 Å². The minimum atomic E-state index is -0.387. The van der Waals surface area contributed by atoms with Gasteiger partial charge in [0.1, 0.15) is 0 Å². The molecule has 1 unspecified atom stereocenters. The summed E-state index contributed by atoms with van der Waals surface area (Å²) in [6.45, 7) is 2.91. The van der Waals surface area contributed by atoms with Crippen LogP contribution in [0.5, 0.6) is 0 Å². The predicted molar refractivity (Wildman–Crippen MR) is 61.3 cm³/mol. The highest BCUT2D eigenvalue weighted by molar-refractivity contribution is 5.39. The lowest BCUT2D eigenvalue weighted by molar-refractivity contribution is -0.386. The highest BCUT2D eigenvalue weighted by Gasteiger charge is 2.13. The Kier molecular flexibility index (Phi) is 4.88. The van der Waals surface area contributed by atoms with Crippen LogP contribution in [-0.2, 0) is 11.3 Å². The van der Waals surface area contributed by atoms with Crippen molar-refractivity contribution in [3.05, 3.63) is 39.9 Å². The maximum absolute atomic E-state index is 10.7. The van der Waals surface area contributed by atoms with Crippen molar-refractivity contribution in [1.29, 1.82) is 0 Å². The van der Waals surface area contributed by atoms with Crippen molar-refractivity contribution in [3.63, 3.8) is 0 Å². The summed E-state index contributed by atoms with van der Waals surface area (Å²) in [6, 6.07) is 6.62. The summed E-state index contributed by atoms with van der Waals surface area (Å²) in [5.74, 6) is 0. The summed E-state index contributed by atoms with van der Waals surface area (Å²) in [7, 11) is 1.84. The number of hydrogen-bond acceptors (Lipinski definition) is 4. The van der Waals surface area contributed by atoms with Crippen LogP contribution in [0.25, 0.3) is 0 Å². The second kappa shape index (κ2) is 6.19. The molecule has 1 aromatic rings. The molecule has 0 fully saturated rings. The van der Waals surface area contributed by atoms with Gasteiger partial charge in [-0.1, -0.05) is 12.1 Å². The molecule has 1 atom stereocenters. The van der Waals surface area contributed by atoms with Crippen LogP contribution in [0.2, 0.25) is 0 Å². The van der Waals surface area contributed by atoms with Crippen molar-refractivity contribution >= 4 is 5.69 Å². The number of nitrogens with one attached hydrogen (secondary N) is 1. The van der Waals surface area contributed by atoms with Gasteiger partial charge in [-0.3, -0.25) is 10.1 Å². The Bertz CT molecular complexity index is 355. The van der Waals surface area contributed by atoms with Crippen LogP contribution in [0.3, 0.4) is 0 Å². The molecule has 0 bridgehead atoms. The van der Waals surface area contributed by atoms with E-state index < -0.39 is 0 Å². The third-order valence-corrected chi connectivity index (χ3v) is 2.20. The number of rotatable bonds is 6. The molecule has 5 heteroatoms. The number of ether oxygens (including phenoxy) is 1. The Labute approximate surface area is 94.6 Å². The van der Waals surface area contributed by atoms with Gasteiger partial charge in [-0.2, -0.15) is 0 Å². The Morgan fingerprint density at radius 1 is 1.50 bits per heavy atom. The van der Waals surface area contributed by atoms with Gasteiger partial charge in [-0.05, 0) is 20.0 Å². The molecule has 0 spiro atoms. The Morgan fingerprint density at radius 3 is 2.81 bits per heavy atom. The third-order valence-electron chi connectivity index (χ3n) is 2.20. The molecule has 0 aliphatic rings. The van der Waals surface area contributed by atoms with Gasteiger partial charge in [0.25, 0.3) is 5.69 Å². The van der Waals surface area contributed by atoms with Crippen molar-refractivity contribution in [2.75, 3.05) is 13.6 Å². The van der Waals surface area contributed by atoms with E-state index in [4.69, 9.17) is 4.74 Å². The van der Waals surface area contributed by atoms with Gasteiger partial charge in [-0.25, -0.2) is 0 Å². The minimum Gasteiger partial charge on any atom is -0.372 e. The molecule has 0 saturated carbocycles. The van der Waals surface area contributed by atoms with Gasteiger partial charge in [-0.15, -0.1) is 0 Å². The summed E-state index contributed by atoms with van der Waals surface area (Å²) < 4.78 is 5.49. The average molecular weight is 224 g/mol. The fourth-order valence-electron chi connectivity index (χ4n) is 1.39. The van der Waals surface area contributed by atoms with Crippen LogP contribution in [0.1, 0.15) is 12.5 Å². The molecular weight excluding hydrogens is 208 g/mol. The standard InChI is InChI=1S/C11H16N2O3/c1-9(7-12-2)16-8-10-5-3-4-6-11(10)13(14)15/h3-6,9,12H,7-8H2,1-2H3. The molecular formula is C11H16N2O3. The van der Waals surface area contributed by atoms with Crippen LogP contribution in [0.15, 0.2) is 24.3 Å². The first-order chi connectivity index (χ1) is 7.65. The molecule has 0 aliphatic heterocycles. The van der Waals surface area contributed by atoms with E-state index in [9.17, 15) is 10.1 Å². The summed E-state index contributed by atoms with van der Waals surface area (Å²) in [5, 5.41) is 13.7. The van der Waals surface area contributed by atoms with Gasteiger partial charge in [0.2, 0.25) is 0 Å². The molecule has 0 radical (unpaired) electrons. The quantitative estimate of drug-likeness (QED) is 0.590. The monoisotopic (exact) mass is 224 g/mol. The fourth-order valence-corrected chi connectivity index (χ4v) is 1.39. The SMILES string of the molecule is CNCC(C)OCc1ccccc1[N+](=O)[O-]. The zero-order valence-corrected chi connectivity index (χ0v) is 9.47. The first-order valence-corrected chi connectivity index (χ1v) is 5.13. The molecule has 0 amide bonds. The Morgan fingerprint density at radius 2 is 2.19 bits per heavy atom. The normalized spacial score (nSPS) is 12.4. The third kappa shape index (κ3) is 3.60. The number of nitro benzene ring substituents is 1. The van der Waals surface area contributed by atoms with Gasteiger partial charge >= 0.3 is 0 Å². The smallest absolute Gasteiger partial charge is 0.274 e. The topological polar surface area (TPSA) is 64.4 Å². The number of hydrogen-bond donors (Lipinski definition) is 1. The highest BCUT2D eigenvalue weighted by atomic mass is 16.6. The molecule has 1 aromatic carbocycles. The molecule has 0 aromatic heterocycles. The lowest BCUT2D eigenvalue weighted by atomic mass is 10.2. The summed E-state index contributed by atoms with van der Waals surface area (Å²) in [6.07, 6.45) is 0.0322. The van der Waals surface area contributed by atoms with Gasteiger partial charge in [0, 0.05) is 12.6 Å². The summed E-state index contributed by atoms with van der Waals surface area (Å²) in [5.41, 5.74) is 0.717. The predicted octanol–water partition coefficient (Wildman–Crippen LogP) is 1.72. The molecule has 16 heavy (non-hydrogen) atoms. The molecule has 5 nitrogen and oxygen atoms in total. The number of nitro groups is 1. The Hall–Kier alpha value is -1.46. The molecule has 0 aliphatic carbocycles. The van der Waals surface area contributed by atoms with Crippen molar-refractivity contribution < 1.29 is 9.66 Å². The summed E-state index contributed by atoms with van der Waals surface area (Å²) in [4.78, 5) is 10.3. The van der Waals surface area contributed by atoms with Crippen molar-refractivity contribution in [2.45, 2.75) is 19.6 Å². The van der Waals surface area contributed by atoms with Gasteiger partial charge < -0.3 is 10.1 Å². The first-order valence-electron chi connectivity index (χ1n) is 5.13.